The number of carboxylic acids is 1. The number of carboxylic acid groups (broad SMARTS) is 1. The van der Waals surface area contributed by atoms with E-state index in [4.69, 9.17) is 5.11 Å². The van der Waals surface area contributed by atoms with Crippen LogP contribution < -0.4 is 4.90 Å². The number of benzene rings is 1. The molecule has 0 unspecified atom stereocenters. The second-order valence-corrected chi connectivity index (χ2v) is 4.94. The van der Waals surface area contributed by atoms with Crippen molar-refractivity contribution in [2.45, 2.75) is 33.2 Å². The summed E-state index contributed by atoms with van der Waals surface area (Å²) in [5, 5.41) is 8.77. The fourth-order valence-electron chi connectivity index (χ4n) is 2.02. The first-order chi connectivity index (χ1) is 9.86. The largest absolute Gasteiger partial charge is 0.481 e. The quantitative estimate of drug-likeness (QED) is 0.878. The molecule has 0 aromatic heterocycles. The Morgan fingerprint density at radius 2 is 2.00 bits per heavy atom. The third kappa shape index (κ3) is 4.73. The van der Waals surface area contributed by atoms with Crippen molar-refractivity contribution in [2.24, 2.45) is 0 Å². The standard InChI is InChI=1S/C15H21FN2O3/c1-4-17(13-7-5-6-12(16)10-13)15(21)18(11(2)3)9-8-14(19)20/h5-7,10-11H,4,8-9H2,1-3H3,(H,19,20). The maximum absolute atomic E-state index is 13.3. The van der Waals surface area contributed by atoms with Crippen LogP contribution in [-0.2, 0) is 4.79 Å². The summed E-state index contributed by atoms with van der Waals surface area (Å²) in [5.41, 5.74) is 0.462. The summed E-state index contributed by atoms with van der Waals surface area (Å²) in [5.74, 6) is -1.37. The highest BCUT2D eigenvalue weighted by molar-refractivity contribution is 5.92. The van der Waals surface area contributed by atoms with Gasteiger partial charge in [0.15, 0.2) is 0 Å². The first kappa shape index (κ1) is 16.9. The summed E-state index contributed by atoms with van der Waals surface area (Å²) in [6, 6.07) is 5.33. The van der Waals surface area contributed by atoms with Gasteiger partial charge in [-0.1, -0.05) is 6.07 Å². The molecular weight excluding hydrogens is 275 g/mol. The van der Waals surface area contributed by atoms with Crippen LogP contribution in [0.5, 0.6) is 0 Å². The van der Waals surface area contributed by atoms with Crippen molar-refractivity contribution in [3.8, 4) is 0 Å². The normalized spacial score (nSPS) is 10.5. The van der Waals surface area contributed by atoms with Gasteiger partial charge in [-0.3, -0.25) is 9.69 Å². The molecule has 1 N–H and O–H groups in total. The van der Waals surface area contributed by atoms with Gasteiger partial charge in [-0.15, -0.1) is 0 Å². The zero-order chi connectivity index (χ0) is 16.0. The third-order valence-corrected chi connectivity index (χ3v) is 3.10. The Morgan fingerprint density at radius 3 is 2.48 bits per heavy atom. The van der Waals surface area contributed by atoms with Crippen LogP contribution in [0.15, 0.2) is 24.3 Å². The summed E-state index contributed by atoms with van der Waals surface area (Å²) in [6.45, 7) is 5.92. The van der Waals surface area contributed by atoms with Gasteiger partial charge in [-0.2, -0.15) is 0 Å². The number of hydrogen-bond donors (Lipinski definition) is 1. The van der Waals surface area contributed by atoms with Crippen molar-refractivity contribution in [2.75, 3.05) is 18.0 Å². The topological polar surface area (TPSA) is 60.9 Å². The van der Waals surface area contributed by atoms with E-state index in [0.717, 1.165) is 0 Å². The van der Waals surface area contributed by atoms with Crippen LogP contribution >= 0.6 is 0 Å². The maximum atomic E-state index is 13.3. The molecule has 0 aliphatic rings. The molecule has 0 atom stereocenters. The minimum atomic E-state index is -0.956. The summed E-state index contributed by atoms with van der Waals surface area (Å²) >= 11 is 0. The van der Waals surface area contributed by atoms with Crippen molar-refractivity contribution in [3.63, 3.8) is 0 Å². The lowest BCUT2D eigenvalue weighted by atomic mass is 10.2. The Bertz CT molecular complexity index is 505. The Morgan fingerprint density at radius 1 is 1.33 bits per heavy atom. The molecule has 0 heterocycles. The van der Waals surface area contributed by atoms with Crippen LogP contribution in [0.4, 0.5) is 14.9 Å². The van der Waals surface area contributed by atoms with Gasteiger partial charge >= 0.3 is 12.0 Å². The van der Waals surface area contributed by atoms with Crippen molar-refractivity contribution >= 4 is 17.7 Å². The monoisotopic (exact) mass is 296 g/mol. The number of nitrogens with zero attached hydrogens (tertiary/aromatic N) is 2. The van der Waals surface area contributed by atoms with Gasteiger partial charge in [0.1, 0.15) is 5.82 Å². The predicted molar refractivity (Wildman–Crippen MR) is 78.9 cm³/mol. The third-order valence-electron chi connectivity index (χ3n) is 3.10. The molecule has 0 bridgehead atoms. The van der Waals surface area contributed by atoms with Gasteiger partial charge in [0.25, 0.3) is 0 Å². The van der Waals surface area contributed by atoms with Gasteiger partial charge < -0.3 is 10.0 Å². The van der Waals surface area contributed by atoms with E-state index in [1.54, 1.807) is 13.0 Å². The molecule has 6 heteroatoms. The second kappa shape index (κ2) is 7.61. The SMILES string of the molecule is CCN(C(=O)N(CCC(=O)O)C(C)C)c1cccc(F)c1. The molecule has 0 radical (unpaired) electrons. The predicted octanol–water partition coefficient (Wildman–Crippen LogP) is 2.96. The van der Waals surface area contributed by atoms with E-state index >= 15 is 0 Å². The van der Waals surface area contributed by atoms with E-state index in [9.17, 15) is 14.0 Å². The molecule has 0 fully saturated rings. The second-order valence-electron chi connectivity index (χ2n) is 4.94. The molecule has 0 aliphatic carbocycles. The van der Waals surface area contributed by atoms with E-state index in [2.05, 4.69) is 0 Å². The van der Waals surface area contributed by atoms with Crippen LogP contribution in [0, 0.1) is 5.82 Å². The molecule has 21 heavy (non-hydrogen) atoms. The Kier molecular flexibility index (Phi) is 6.14. The fourth-order valence-corrected chi connectivity index (χ4v) is 2.02. The first-order valence-electron chi connectivity index (χ1n) is 6.92. The highest BCUT2D eigenvalue weighted by Crippen LogP contribution is 2.18. The lowest BCUT2D eigenvalue weighted by Gasteiger charge is -2.32. The highest BCUT2D eigenvalue weighted by Gasteiger charge is 2.24. The fraction of sp³-hybridized carbons (Fsp3) is 0.467. The van der Waals surface area contributed by atoms with Gasteiger partial charge in [0.05, 0.1) is 6.42 Å². The number of halogens is 1. The summed E-state index contributed by atoms with van der Waals surface area (Å²) in [6.07, 6.45) is -0.120. The average Bonchev–Trinajstić information content (AvgIpc) is 2.39. The van der Waals surface area contributed by atoms with Crippen molar-refractivity contribution in [3.05, 3.63) is 30.1 Å². The molecular formula is C15H21FN2O3. The van der Waals surface area contributed by atoms with Crippen LogP contribution in [0.25, 0.3) is 0 Å². The van der Waals surface area contributed by atoms with E-state index in [-0.39, 0.29) is 25.0 Å². The molecule has 1 aromatic rings. The van der Waals surface area contributed by atoms with Crippen molar-refractivity contribution < 1.29 is 19.1 Å². The Labute approximate surface area is 124 Å². The molecule has 1 aromatic carbocycles. The van der Waals surface area contributed by atoms with Crippen molar-refractivity contribution in [1.82, 2.24) is 4.90 Å². The molecule has 0 spiro atoms. The van der Waals surface area contributed by atoms with Gasteiger partial charge in [-0.05, 0) is 39.0 Å². The number of urea groups is 1. The number of amides is 2. The van der Waals surface area contributed by atoms with E-state index < -0.39 is 11.8 Å². The minimum absolute atomic E-state index is 0.120. The van der Waals surface area contributed by atoms with Gasteiger partial charge in [-0.25, -0.2) is 9.18 Å². The zero-order valence-electron chi connectivity index (χ0n) is 12.5. The summed E-state index contributed by atoms with van der Waals surface area (Å²) < 4.78 is 13.3. The van der Waals surface area contributed by atoms with Crippen LogP contribution in [0.2, 0.25) is 0 Å². The van der Waals surface area contributed by atoms with Crippen LogP contribution in [-0.4, -0.2) is 41.1 Å². The number of hydrogen-bond acceptors (Lipinski definition) is 2. The number of carbonyl (C=O) groups excluding carboxylic acids is 1. The van der Waals surface area contributed by atoms with Crippen LogP contribution in [0.3, 0.4) is 0 Å². The number of anilines is 1. The minimum Gasteiger partial charge on any atom is -0.481 e. The smallest absolute Gasteiger partial charge is 0.324 e. The van der Waals surface area contributed by atoms with E-state index in [0.29, 0.717) is 12.2 Å². The average molecular weight is 296 g/mol. The number of aliphatic carboxylic acids is 1. The summed E-state index contributed by atoms with van der Waals surface area (Å²) in [7, 11) is 0. The maximum Gasteiger partial charge on any atom is 0.324 e. The van der Waals surface area contributed by atoms with Crippen molar-refractivity contribution in [1.29, 1.82) is 0 Å². The van der Waals surface area contributed by atoms with E-state index in [1.807, 2.05) is 13.8 Å². The van der Waals surface area contributed by atoms with Gasteiger partial charge in [0.2, 0.25) is 0 Å². The van der Waals surface area contributed by atoms with E-state index in [1.165, 1.54) is 28.0 Å². The molecule has 0 aliphatic heterocycles. The highest BCUT2D eigenvalue weighted by atomic mass is 19.1. The number of carbonyl (C=O) groups is 2. The van der Waals surface area contributed by atoms with Gasteiger partial charge in [0, 0.05) is 24.8 Å². The lowest BCUT2D eigenvalue weighted by molar-refractivity contribution is -0.137. The Balaban J connectivity index is 2.96. The molecule has 2 amide bonds. The summed E-state index contributed by atoms with van der Waals surface area (Å²) in [4.78, 5) is 26.2. The first-order valence-corrected chi connectivity index (χ1v) is 6.92. The lowest BCUT2D eigenvalue weighted by Crippen LogP contribution is -2.47. The molecule has 116 valence electrons. The molecule has 0 saturated heterocycles. The molecule has 5 nitrogen and oxygen atoms in total. The molecule has 0 saturated carbocycles. The molecule has 1 rings (SSSR count). The number of rotatable bonds is 6. The zero-order valence-corrected chi connectivity index (χ0v) is 12.5. The Hall–Kier alpha value is -2.11. The van der Waals surface area contributed by atoms with Crippen LogP contribution in [0.1, 0.15) is 27.2 Å².